The molecule has 6 rings (SSSR count). The second kappa shape index (κ2) is 11.0. The number of carbonyl (C=O) groups is 1. The second-order valence-corrected chi connectivity index (χ2v) is 12.5. The van der Waals surface area contributed by atoms with Crippen LogP contribution in [-0.2, 0) is 4.74 Å². The lowest BCUT2D eigenvalue weighted by Gasteiger charge is -2.34. The number of fused-ring (bicyclic) bond motifs is 2. The number of piperazine rings is 2. The third kappa shape index (κ3) is 5.88. The minimum Gasteiger partial charge on any atom is -0.456 e. The summed E-state index contributed by atoms with van der Waals surface area (Å²) in [5.74, 6) is 0.561. The number of rotatable bonds is 3. The Balaban J connectivity index is 1.48. The molecule has 2 aromatic carbocycles. The molecule has 0 amide bonds. The molecule has 3 aliphatic heterocycles. The molecule has 3 heterocycles. The molecule has 41 heavy (non-hydrogen) atoms. The fraction of sp³-hybridized carbons (Fsp3) is 0.412. The average molecular weight is 554 g/mol. The van der Waals surface area contributed by atoms with E-state index in [9.17, 15) is 4.79 Å². The number of hydrogen-bond donors (Lipinski definition) is 0. The van der Waals surface area contributed by atoms with Gasteiger partial charge in [0.05, 0.1) is 24.7 Å². The van der Waals surface area contributed by atoms with Crippen LogP contribution in [0.3, 0.4) is 0 Å². The zero-order valence-corrected chi connectivity index (χ0v) is 24.9. The topological polar surface area (TPSA) is 52.2 Å². The molecule has 2 saturated heterocycles. The van der Waals surface area contributed by atoms with Crippen molar-refractivity contribution >= 4 is 22.6 Å². The van der Waals surface area contributed by atoms with Crippen molar-refractivity contribution in [3.8, 4) is 22.5 Å². The van der Waals surface area contributed by atoms with Crippen molar-refractivity contribution < 1.29 is 13.9 Å². The van der Waals surface area contributed by atoms with Gasteiger partial charge >= 0.3 is 5.97 Å². The van der Waals surface area contributed by atoms with Crippen molar-refractivity contribution in [1.29, 1.82) is 0 Å². The number of nitrogens with zero attached hydrogens (tertiary/aromatic N) is 4. The smallest absolute Gasteiger partial charge is 0.338 e. The molecule has 0 spiro atoms. The lowest BCUT2D eigenvalue weighted by atomic mass is 9.93. The molecule has 1 aliphatic carbocycles. The maximum Gasteiger partial charge on any atom is 0.338 e. The zero-order chi connectivity index (χ0) is 28.7. The molecule has 7 nitrogen and oxygen atoms in total. The Bertz CT molecular complexity index is 1600. The van der Waals surface area contributed by atoms with Crippen LogP contribution in [0.2, 0.25) is 0 Å². The fourth-order valence-electron chi connectivity index (χ4n) is 5.81. The van der Waals surface area contributed by atoms with Gasteiger partial charge in [0.25, 0.3) is 0 Å². The first-order valence-electron chi connectivity index (χ1n) is 14.7. The number of esters is 1. The summed E-state index contributed by atoms with van der Waals surface area (Å²) in [4.78, 5) is 19.9. The summed E-state index contributed by atoms with van der Waals surface area (Å²) in [6.45, 7) is 13.9. The molecule has 4 aliphatic rings. The minimum atomic E-state index is -0.536. The second-order valence-electron chi connectivity index (χ2n) is 12.5. The van der Waals surface area contributed by atoms with Gasteiger partial charge in [-0.05, 0) is 70.8 Å². The Morgan fingerprint density at radius 1 is 0.829 bits per heavy atom. The van der Waals surface area contributed by atoms with Crippen LogP contribution in [0.1, 0.15) is 31.1 Å². The van der Waals surface area contributed by atoms with E-state index < -0.39 is 5.60 Å². The largest absolute Gasteiger partial charge is 0.456 e. The third-order valence-electron chi connectivity index (χ3n) is 8.23. The van der Waals surface area contributed by atoms with Crippen LogP contribution in [0.4, 0.5) is 5.69 Å². The number of ether oxygens (including phenoxy) is 1. The average Bonchev–Trinajstić information content (AvgIpc) is 2.95. The Hall–Kier alpha value is -3.68. The number of carbonyl (C=O) groups excluding carboxylic acids is 1. The van der Waals surface area contributed by atoms with Crippen LogP contribution >= 0.6 is 0 Å². The summed E-state index contributed by atoms with van der Waals surface area (Å²) in [5.41, 5.74) is 5.30. The quantitative estimate of drug-likeness (QED) is 0.210. The van der Waals surface area contributed by atoms with E-state index >= 15 is 0 Å². The summed E-state index contributed by atoms with van der Waals surface area (Å²) in [6, 6.07) is 21.0. The number of hydrogen-bond acceptors (Lipinski definition) is 6. The standard InChI is InChI=1S/C34H41N4O3/c1-34(2,3)41-33(39)25-8-6-24(7-9-25)32-28-12-10-26(37-18-14-35(4)15-19-37)22-30(28)40-31-23-27(11-13-29(31)32)38-20-16-36(5)17-21-38/h6-13,22-23H,14-21H2,1-5H3/q+1. The molecular weight excluding hydrogens is 512 g/mol. The zero-order valence-electron chi connectivity index (χ0n) is 24.9. The van der Waals surface area contributed by atoms with Crippen molar-refractivity contribution in [1.82, 2.24) is 14.4 Å². The van der Waals surface area contributed by atoms with Crippen LogP contribution in [0.15, 0.2) is 65.1 Å². The van der Waals surface area contributed by atoms with E-state index in [0.29, 0.717) is 5.56 Å². The van der Waals surface area contributed by atoms with Gasteiger partial charge in [0.15, 0.2) is 13.1 Å². The number of anilines is 1. The van der Waals surface area contributed by atoms with Gasteiger partial charge in [-0.25, -0.2) is 9.37 Å². The van der Waals surface area contributed by atoms with Crippen molar-refractivity contribution in [3.05, 3.63) is 71.6 Å². The molecule has 2 fully saturated rings. The van der Waals surface area contributed by atoms with Crippen molar-refractivity contribution in [3.63, 3.8) is 0 Å². The molecule has 0 radical (unpaired) electrons. The van der Waals surface area contributed by atoms with Crippen LogP contribution in [-0.4, -0.2) is 87.8 Å². The molecule has 7 heteroatoms. The molecule has 2 aromatic rings. The van der Waals surface area contributed by atoms with Crippen LogP contribution < -0.4 is 14.8 Å². The predicted molar refractivity (Wildman–Crippen MR) is 166 cm³/mol. The van der Waals surface area contributed by atoms with Gasteiger partial charge in [-0.2, -0.15) is 0 Å². The summed E-state index contributed by atoms with van der Waals surface area (Å²) in [7, 11) is 4.36. The van der Waals surface area contributed by atoms with Gasteiger partial charge in [0.2, 0.25) is 5.36 Å². The van der Waals surface area contributed by atoms with E-state index in [4.69, 9.17) is 9.15 Å². The molecule has 0 aromatic heterocycles. The van der Waals surface area contributed by atoms with Gasteiger partial charge < -0.3 is 19.0 Å². The normalized spacial score (nSPS) is 17.4. The number of benzene rings is 3. The highest BCUT2D eigenvalue weighted by molar-refractivity contribution is 6.03. The molecule has 0 atom stereocenters. The lowest BCUT2D eigenvalue weighted by Crippen LogP contribution is -2.46. The summed E-state index contributed by atoms with van der Waals surface area (Å²) >= 11 is 0. The van der Waals surface area contributed by atoms with Gasteiger partial charge in [-0.1, -0.05) is 12.1 Å². The van der Waals surface area contributed by atoms with E-state index in [0.717, 1.165) is 85.8 Å². The van der Waals surface area contributed by atoms with E-state index in [1.807, 2.05) is 45.0 Å². The SMILES string of the molecule is CN1CCN(c2ccc3c(-c4ccc(C(=O)OC(C)(C)C)cc4)c4ccc(=[N+]5CCN(C)CC5)cc-4oc3c2)CC1. The van der Waals surface area contributed by atoms with E-state index in [-0.39, 0.29) is 5.97 Å². The monoisotopic (exact) mass is 553 g/mol. The van der Waals surface area contributed by atoms with E-state index in [1.165, 1.54) is 11.0 Å². The minimum absolute atomic E-state index is 0.310. The Morgan fingerprint density at radius 2 is 1.51 bits per heavy atom. The molecular formula is C34H41N4O3+. The maximum absolute atomic E-state index is 12.7. The molecule has 0 bridgehead atoms. The molecule has 0 unspecified atom stereocenters. The Morgan fingerprint density at radius 3 is 2.20 bits per heavy atom. The lowest BCUT2D eigenvalue weighted by molar-refractivity contribution is 0.00695. The summed E-state index contributed by atoms with van der Waals surface area (Å²) in [6.07, 6.45) is 0. The Labute approximate surface area is 242 Å². The predicted octanol–water partition coefficient (Wildman–Crippen LogP) is 4.63. The molecule has 0 saturated carbocycles. The maximum atomic E-state index is 12.7. The van der Waals surface area contributed by atoms with Gasteiger partial charge in [0.1, 0.15) is 16.9 Å². The highest BCUT2D eigenvalue weighted by atomic mass is 16.6. The van der Waals surface area contributed by atoms with Crippen molar-refractivity contribution in [2.24, 2.45) is 0 Å². The van der Waals surface area contributed by atoms with Gasteiger partial charge in [-0.3, -0.25) is 4.90 Å². The third-order valence-corrected chi connectivity index (χ3v) is 8.23. The van der Waals surface area contributed by atoms with Gasteiger partial charge in [0, 0.05) is 60.5 Å². The highest BCUT2D eigenvalue weighted by Gasteiger charge is 2.23. The number of likely N-dealkylation sites (N-methyl/N-ethyl adjacent to an activating group) is 2. The molecule has 0 N–H and O–H groups in total. The first kappa shape index (κ1) is 27.5. The highest BCUT2D eigenvalue weighted by Crippen LogP contribution is 2.41. The van der Waals surface area contributed by atoms with Gasteiger partial charge in [-0.15, -0.1) is 0 Å². The van der Waals surface area contributed by atoms with Crippen molar-refractivity contribution in [2.75, 3.05) is 71.4 Å². The summed E-state index contributed by atoms with van der Waals surface area (Å²) in [5, 5.41) is 2.25. The van der Waals surface area contributed by atoms with Crippen LogP contribution in [0, 0.1) is 0 Å². The molecule has 214 valence electrons. The van der Waals surface area contributed by atoms with Crippen LogP contribution in [0.5, 0.6) is 0 Å². The van der Waals surface area contributed by atoms with Crippen molar-refractivity contribution in [2.45, 2.75) is 26.4 Å². The fourth-order valence-corrected chi connectivity index (χ4v) is 5.81. The first-order valence-corrected chi connectivity index (χ1v) is 14.7. The van der Waals surface area contributed by atoms with E-state index in [1.54, 1.807) is 0 Å². The Kier molecular flexibility index (Phi) is 7.34. The first-order chi connectivity index (χ1) is 19.6. The summed E-state index contributed by atoms with van der Waals surface area (Å²) < 4.78 is 14.7. The van der Waals surface area contributed by atoms with Crippen LogP contribution in [0.25, 0.3) is 33.4 Å². The van der Waals surface area contributed by atoms with E-state index in [2.05, 4.69) is 69.8 Å².